The van der Waals surface area contributed by atoms with E-state index in [1.807, 2.05) is 29.7 Å². The maximum Gasteiger partial charge on any atom is 0.274 e. The van der Waals surface area contributed by atoms with Crippen molar-refractivity contribution in [1.82, 2.24) is 29.5 Å². The molecule has 1 unspecified atom stereocenters. The van der Waals surface area contributed by atoms with Gasteiger partial charge in [0.15, 0.2) is 0 Å². The van der Waals surface area contributed by atoms with Crippen molar-refractivity contribution in [2.24, 2.45) is 0 Å². The van der Waals surface area contributed by atoms with Gasteiger partial charge in [0.05, 0.1) is 18.4 Å². The highest BCUT2D eigenvalue weighted by Crippen LogP contribution is 2.19. The Balaban J connectivity index is 1.90. The Morgan fingerprint density at radius 3 is 2.95 bits per heavy atom. The second kappa shape index (κ2) is 6.23. The summed E-state index contributed by atoms with van der Waals surface area (Å²) in [5.74, 6) is -0.0744. The maximum absolute atomic E-state index is 12.9. The molecule has 0 spiro atoms. The number of hydrogen-bond donors (Lipinski definition) is 0. The van der Waals surface area contributed by atoms with Gasteiger partial charge in [-0.1, -0.05) is 0 Å². The lowest BCUT2D eigenvalue weighted by molar-refractivity contribution is 0.0620. The summed E-state index contributed by atoms with van der Waals surface area (Å²) in [4.78, 5) is 25.0. The van der Waals surface area contributed by atoms with Crippen LogP contribution in [0.3, 0.4) is 0 Å². The van der Waals surface area contributed by atoms with E-state index in [1.165, 1.54) is 6.20 Å². The molecule has 0 saturated carbocycles. The smallest absolute Gasteiger partial charge is 0.274 e. The maximum atomic E-state index is 12.9. The van der Waals surface area contributed by atoms with E-state index in [4.69, 9.17) is 0 Å². The fourth-order valence-electron chi connectivity index (χ4n) is 2.83. The molecule has 0 aromatic carbocycles. The Bertz CT molecular complexity index is 638. The first-order valence-electron chi connectivity index (χ1n) is 7.37. The van der Waals surface area contributed by atoms with Crippen LogP contribution < -0.4 is 0 Å². The fraction of sp³-hybridized carbons (Fsp3) is 0.467. The molecule has 22 heavy (non-hydrogen) atoms. The Morgan fingerprint density at radius 2 is 2.23 bits per heavy atom. The first-order chi connectivity index (χ1) is 10.6. The fourth-order valence-corrected chi connectivity index (χ4v) is 2.83. The third-order valence-corrected chi connectivity index (χ3v) is 3.87. The topological polar surface area (TPSA) is 67.2 Å². The third-order valence-electron chi connectivity index (χ3n) is 3.87. The minimum Gasteiger partial charge on any atom is -0.327 e. The molecular weight excluding hydrogens is 280 g/mol. The zero-order valence-corrected chi connectivity index (χ0v) is 12.9. The molecule has 0 saturated heterocycles. The van der Waals surface area contributed by atoms with Crippen molar-refractivity contribution in [3.63, 3.8) is 0 Å². The third kappa shape index (κ3) is 2.99. The largest absolute Gasteiger partial charge is 0.327 e. The van der Waals surface area contributed by atoms with Gasteiger partial charge >= 0.3 is 0 Å². The zero-order valence-electron chi connectivity index (χ0n) is 12.9. The highest BCUT2D eigenvalue weighted by atomic mass is 16.2. The van der Waals surface area contributed by atoms with Gasteiger partial charge in [-0.15, -0.1) is 0 Å². The minimum absolute atomic E-state index is 0.0744. The first-order valence-corrected chi connectivity index (χ1v) is 7.37. The van der Waals surface area contributed by atoms with Crippen LogP contribution in [0, 0.1) is 0 Å². The summed E-state index contributed by atoms with van der Waals surface area (Å²) in [7, 11) is 4.04. The van der Waals surface area contributed by atoms with Gasteiger partial charge in [0.25, 0.3) is 5.91 Å². The first kappa shape index (κ1) is 14.6. The van der Waals surface area contributed by atoms with Crippen LogP contribution >= 0.6 is 0 Å². The molecular formula is C15H20N6O. The van der Waals surface area contributed by atoms with Crippen molar-refractivity contribution in [3.8, 4) is 0 Å². The van der Waals surface area contributed by atoms with Crippen LogP contribution in [0.5, 0.6) is 0 Å². The van der Waals surface area contributed by atoms with Gasteiger partial charge in [-0.25, -0.2) is 4.98 Å². The van der Waals surface area contributed by atoms with Crippen LogP contribution in [0.15, 0.2) is 30.9 Å². The average molecular weight is 300 g/mol. The lowest BCUT2D eigenvalue weighted by Gasteiger charge is -2.31. The monoisotopic (exact) mass is 300 g/mol. The Labute approximate surface area is 129 Å². The predicted octanol–water partition coefficient (Wildman–Crippen LogP) is 0.649. The molecule has 0 fully saturated rings. The summed E-state index contributed by atoms with van der Waals surface area (Å²) in [6.45, 7) is 2.19. The second-order valence-electron chi connectivity index (χ2n) is 5.77. The number of aromatic nitrogens is 4. The highest BCUT2D eigenvalue weighted by Gasteiger charge is 2.29. The number of carbonyl (C=O) groups excluding carboxylic acids is 1. The Hall–Kier alpha value is -2.28. The molecule has 116 valence electrons. The van der Waals surface area contributed by atoms with Crippen molar-refractivity contribution in [2.45, 2.75) is 25.6 Å². The normalized spacial score (nSPS) is 18.1. The van der Waals surface area contributed by atoms with E-state index < -0.39 is 0 Å². The molecule has 7 nitrogen and oxygen atoms in total. The van der Waals surface area contributed by atoms with Gasteiger partial charge in [0.1, 0.15) is 5.69 Å². The van der Waals surface area contributed by atoms with Gasteiger partial charge in [-0.05, 0) is 26.6 Å². The molecule has 1 amide bonds. The molecule has 0 aliphatic carbocycles. The lowest BCUT2D eigenvalue weighted by atomic mass is 10.1. The summed E-state index contributed by atoms with van der Waals surface area (Å²) in [6.07, 6.45) is 7.31. The van der Waals surface area contributed by atoms with Crippen molar-refractivity contribution in [2.75, 3.05) is 20.6 Å². The number of amides is 1. The van der Waals surface area contributed by atoms with Crippen LogP contribution in [0.25, 0.3) is 0 Å². The Kier molecular flexibility index (Phi) is 4.15. The quantitative estimate of drug-likeness (QED) is 0.832. The lowest BCUT2D eigenvalue weighted by Crippen LogP contribution is -2.44. The second-order valence-corrected chi connectivity index (χ2v) is 5.77. The molecule has 0 N–H and O–H groups in total. The van der Waals surface area contributed by atoms with E-state index in [-0.39, 0.29) is 11.9 Å². The van der Waals surface area contributed by atoms with Gasteiger partial charge < -0.3 is 9.80 Å². The van der Waals surface area contributed by atoms with Crippen LogP contribution in [-0.4, -0.2) is 62.1 Å². The number of fused-ring (bicyclic) bond motifs is 1. The molecule has 1 atom stereocenters. The summed E-state index contributed by atoms with van der Waals surface area (Å²) in [5.41, 5.74) is 1.44. The molecule has 0 radical (unpaired) electrons. The SMILES string of the molecule is CN(C)CC1CCn2nccc2CN1C(=O)c1cnccn1. The van der Waals surface area contributed by atoms with Crippen LogP contribution in [0.4, 0.5) is 0 Å². The van der Waals surface area contributed by atoms with Crippen LogP contribution in [0.1, 0.15) is 22.6 Å². The molecule has 3 heterocycles. The average Bonchev–Trinajstić information content (AvgIpc) is 2.90. The molecule has 2 aromatic heterocycles. The summed E-state index contributed by atoms with van der Waals surface area (Å²) in [6, 6.07) is 2.10. The molecule has 1 aliphatic rings. The van der Waals surface area contributed by atoms with Gasteiger partial charge in [0, 0.05) is 37.7 Å². The summed E-state index contributed by atoms with van der Waals surface area (Å²) >= 11 is 0. The van der Waals surface area contributed by atoms with Gasteiger partial charge in [-0.2, -0.15) is 5.10 Å². The van der Waals surface area contributed by atoms with Crippen molar-refractivity contribution in [1.29, 1.82) is 0 Å². The van der Waals surface area contributed by atoms with Crippen LogP contribution in [-0.2, 0) is 13.1 Å². The standard InChI is InChI=1S/C15H20N6O/c1-19(2)10-12-4-8-21-13(3-5-18-21)11-20(12)15(22)14-9-16-6-7-17-14/h3,5-7,9,12H,4,8,10-11H2,1-2H3. The molecule has 7 heteroatoms. The van der Waals surface area contributed by atoms with E-state index in [2.05, 4.69) is 20.0 Å². The van der Waals surface area contributed by atoms with Crippen molar-refractivity contribution < 1.29 is 4.79 Å². The van der Waals surface area contributed by atoms with E-state index >= 15 is 0 Å². The molecule has 2 aromatic rings. The van der Waals surface area contributed by atoms with E-state index in [9.17, 15) is 4.79 Å². The number of carbonyl (C=O) groups is 1. The number of nitrogens with zero attached hydrogens (tertiary/aromatic N) is 6. The van der Waals surface area contributed by atoms with Gasteiger partial charge in [0.2, 0.25) is 0 Å². The highest BCUT2D eigenvalue weighted by molar-refractivity contribution is 5.92. The van der Waals surface area contributed by atoms with E-state index in [0.717, 1.165) is 25.2 Å². The number of aryl methyl sites for hydroxylation is 1. The molecule has 0 bridgehead atoms. The number of rotatable bonds is 3. The molecule has 1 aliphatic heterocycles. The molecule has 3 rings (SSSR count). The van der Waals surface area contributed by atoms with Crippen molar-refractivity contribution in [3.05, 3.63) is 42.2 Å². The number of hydrogen-bond acceptors (Lipinski definition) is 5. The van der Waals surface area contributed by atoms with Gasteiger partial charge in [-0.3, -0.25) is 14.5 Å². The summed E-state index contributed by atoms with van der Waals surface area (Å²) < 4.78 is 1.98. The van der Waals surface area contributed by atoms with E-state index in [1.54, 1.807) is 18.6 Å². The number of likely N-dealkylation sites (N-methyl/N-ethyl adjacent to an activating group) is 1. The summed E-state index contributed by atoms with van der Waals surface area (Å²) in [5, 5.41) is 4.33. The van der Waals surface area contributed by atoms with Crippen molar-refractivity contribution >= 4 is 5.91 Å². The minimum atomic E-state index is -0.0744. The Morgan fingerprint density at radius 1 is 1.36 bits per heavy atom. The van der Waals surface area contributed by atoms with E-state index in [0.29, 0.717) is 12.2 Å². The zero-order chi connectivity index (χ0) is 15.5. The predicted molar refractivity (Wildman–Crippen MR) is 81.1 cm³/mol. The van der Waals surface area contributed by atoms with Crippen LogP contribution in [0.2, 0.25) is 0 Å².